The largest absolute Gasteiger partial charge is 0.347 e. The summed E-state index contributed by atoms with van der Waals surface area (Å²) in [6.07, 6.45) is 5.54. The smallest absolute Gasteiger partial charge is 0.241 e. The molecule has 42 heavy (non-hydrogen) atoms. The molecule has 1 aromatic heterocycles. The van der Waals surface area contributed by atoms with Gasteiger partial charge in [0.15, 0.2) is 0 Å². The Hall–Kier alpha value is -4.15. The summed E-state index contributed by atoms with van der Waals surface area (Å²) >= 11 is 0. The van der Waals surface area contributed by atoms with Crippen LogP contribution in [0.1, 0.15) is 47.1 Å². The first-order valence-corrected chi connectivity index (χ1v) is 15.4. The predicted octanol–water partition coefficient (Wildman–Crippen LogP) is 4.98. The van der Waals surface area contributed by atoms with E-state index in [4.69, 9.17) is 0 Å². The number of fused-ring (bicyclic) bond motifs is 1. The van der Waals surface area contributed by atoms with Gasteiger partial charge in [-0.3, -0.25) is 4.79 Å². The van der Waals surface area contributed by atoms with Crippen LogP contribution in [0.3, 0.4) is 0 Å². The number of hydrogen-bond acceptors (Lipinski definition) is 6. The number of carbonyl (C=O) groups excluding carboxylic acids is 1. The molecule has 3 atom stereocenters. The van der Waals surface area contributed by atoms with Crippen LogP contribution in [-0.2, 0) is 27.8 Å². The number of hydrogen-bond donors (Lipinski definition) is 1. The summed E-state index contributed by atoms with van der Waals surface area (Å²) in [5.41, 5.74) is 4.51. The molecule has 0 bridgehead atoms. The minimum Gasteiger partial charge on any atom is -0.347 e. The number of carbonyl (C=O) groups is 1. The minimum atomic E-state index is -3.87. The van der Waals surface area contributed by atoms with Gasteiger partial charge in [0.25, 0.3) is 0 Å². The number of aryl methyl sites for hydroxylation is 1. The zero-order chi connectivity index (χ0) is 29.4. The van der Waals surface area contributed by atoms with E-state index in [1.54, 1.807) is 17.3 Å². The van der Waals surface area contributed by atoms with Crippen LogP contribution >= 0.6 is 0 Å². The highest BCUT2D eigenvalue weighted by atomic mass is 32.2. The second kappa shape index (κ2) is 11.3. The lowest BCUT2D eigenvalue weighted by molar-refractivity contribution is -0.120. The van der Waals surface area contributed by atoms with Gasteiger partial charge in [-0.2, -0.15) is 0 Å². The number of aromatic nitrogens is 2. The van der Waals surface area contributed by atoms with Crippen molar-refractivity contribution in [2.24, 2.45) is 5.92 Å². The number of nitrogens with zero attached hydrogens (tertiary/aromatic N) is 4. The quantitative estimate of drug-likeness (QED) is 0.298. The van der Waals surface area contributed by atoms with Gasteiger partial charge in [0.1, 0.15) is 5.82 Å². The maximum atomic E-state index is 14.0. The van der Waals surface area contributed by atoms with Crippen molar-refractivity contribution in [3.63, 3.8) is 0 Å². The van der Waals surface area contributed by atoms with E-state index < -0.39 is 21.9 Å². The summed E-state index contributed by atoms with van der Waals surface area (Å²) < 4.78 is 42.4. The molecule has 0 saturated heterocycles. The topological polar surface area (TPSA) is 95.5 Å². The number of halogens is 1. The molecular formula is C32H32FN5O3S. The first-order chi connectivity index (χ1) is 20.2. The number of benzene rings is 3. The Labute approximate surface area is 245 Å². The molecule has 3 unspecified atom stereocenters. The van der Waals surface area contributed by atoms with E-state index >= 15 is 0 Å². The molecule has 4 aromatic rings. The van der Waals surface area contributed by atoms with Crippen LogP contribution in [0.4, 0.5) is 16.0 Å². The maximum Gasteiger partial charge on any atom is 0.241 e. The lowest BCUT2D eigenvalue weighted by Gasteiger charge is -2.25. The average Bonchev–Trinajstić information content (AvgIpc) is 3.71. The van der Waals surface area contributed by atoms with Gasteiger partial charge in [0.2, 0.25) is 21.9 Å². The Morgan fingerprint density at radius 3 is 2.40 bits per heavy atom. The molecule has 10 heteroatoms. The molecule has 1 N–H and O–H groups in total. The van der Waals surface area contributed by atoms with Crippen molar-refractivity contribution in [3.05, 3.63) is 113 Å². The minimum absolute atomic E-state index is 0.00664. The van der Waals surface area contributed by atoms with Gasteiger partial charge in [0, 0.05) is 49.7 Å². The molecule has 1 saturated carbocycles. The number of anilines is 2. The Morgan fingerprint density at radius 2 is 1.71 bits per heavy atom. The van der Waals surface area contributed by atoms with Crippen molar-refractivity contribution in [1.82, 2.24) is 14.7 Å². The summed E-state index contributed by atoms with van der Waals surface area (Å²) in [5.74, 6) is 0.119. The summed E-state index contributed by atoms with van der Waals surface area (Å²) in [4.78, 5) is 26.5. The van der Waals surface area contributed by atoms with E-state index in [1.165, 1.54) is 12.1 Å². The standard InChI is InChI=1S/C32H32FN5O3S/c1-37(2)32-34-18-21(19-35-32)20-38(31(39)29-17-27(29)22-6-4-3-5-7-22)25-12-8-23-9-15-30(28(23)16-25)36-42(40,41)26-13-10-24(33)11-14-26/h3-8,10-14,16,18-19,27,29-30,36H,9,15,17,20H2,1-2H3. The van der Waals surface area contributed by atoms with Gasteiger partial charge in [-0.15, -0.1) is 0 Å². The Balaban J connectivity index is 1.29. The van der Waals surface area contributed by atoms with E-state index in [0.717, 1.165) is 40.8 Å². The number of amides is 1. The Morgan fingerprint density at radius 1 is 1.00 bits per heavy atom. The van der Waals surface area contributed by atoms with Crippen molar-refractivity contribution < 1.29 is 17.6 Å². The lowest BCUT2D eigenvalue weighted by atomic mass is 10.1. The first-order valence-electron chi connectivity index (χ1n) is 13.9. The molecule has 2 aliphatic rings. The van der Waals surface area contributed by atoms with E-state index in [-0.39, 0.29) is 29.2 Å². The van der Waals surface area contributed by atoms with E-state index in [1.807, 2.05) is 55.4 Å². The average molecular weight is 586 g/mol. The predicted molar refractivity (Wildman–Crippen MR) is 159 cm³/mol. The third-order valence-corrected chi connectivity index (χ3v) is 9.46. The molecule has 8 nitrogen and oxygen atoms in total. The second-order valence-corrected chi connectivity index (χ2v) is 12.8. The fraction of sp³-hybridized carbons (Fsp3) is 0.281. The fourth-order valence-corrected chi connectivity index (χ4v) is 6.88. The molecule has 1 fully saturated rings. The Kier molecular flexibility index (Phi) is 7.51. The fourth-order valence-electron chi connectivity index (χ4n) is 5.63. The second-order valence-electron chi connectivity index (χ2n) is 11.1. The molecule has 2 aliphatic carbocycles. The van der Waals surface area contributed by atoms with Crippen molar-refractivity contribution in [1.29, 1.82) is 0 Å². The van der Waals surface area contributed by atoms with E-state index in [0.29, 0.717) is 24.5 Å². The number of sulfonamides is 1. The summed E-state index contributed by atoms with van der Waals surface area (Å²) in [6.45, 7) is 0.287. The van der Waals surface area contributed by atoms with Crippen LogP contribution < -0.4 is 14.5 Å². The SMILES string of the molecule is CN(C)c1ncc(CN(C(=O)C2CC2c2ccccc2)c2ccc3c(c2)C(NS(=O)(=O)c2ccc(F)cc2)CC3)cn1. The van der Waals surface area contributed by atoms with Gasteiger partial charge in [-0.05, 0) is 78.3 Å². The highest BCUT2D eigenvalue weighted by Gasteiger charge is 2.46. The van der Waals surface area contributed by atoms with Gasteiger partial charge in [-0.1, -0.05) is 36.4 Å². The zero-order valence-electron chi connectivity index (χ0n) is 23.4. The lowest BCUT2D eigenvalue weighted by Crippen LogP contribution is -2.33. The molecule has 0 radical (unpaired) electrons. The van der Waals surface area contributed by atoms with Crippen LogP contribution in [0, 0.1) is 11.7 Å². The van der Waals surface area contributed by atoms with Crippen molar-refractivity contribution in [2.75, 3.05) is 23.9 Å². The normalized spacial score (nSPS) is 19.3. The first kappa shape index (κ1) is 28.0. The van der Waals surface area contributed by atoms with Gasteiger partial charge >= 0.3 is 0 Å². The molecular weight excluding hydrogens is 553 g/mol. The highest BCUT2D eigenvalue weighted by molar-refractivity contribution is 7.89. The molecule has 0 aliphatic heterocycles. The number of nitrogens with one attached hydrogen (secondary N) is 1. The molecule has 3 aromatic carbocycles. The Bertz CT molecular complexity index is 1700. The van der Waals surface area contributed by atoms with Crippen molar-refractivity contribution >= 4 is 27.6 Å². The zero-order valence-corrected chi connectivity index (χ0v) is 24.3. The third-order valence-electron chi connectivity index (χ3n) is 7.97. The van der Waals surface area contributed by atoms with Crippen LogP contribution in [0.15, 0.2) is 90.1 Å². The van der Waals surface area contributed by atoms with Crippen molar-refractivity contribution in [2.45, 2.75) is 42.7 Å². The number of rotatable bonds is 9. The summed E-state index contributed by atoms with van der Waals surface area (Å²) in [5, 5.41) is 0. The van der Waals surface area contributed by atoms with E-state index in [9.17, 15) is 17.6 Å². The van der Waals surface area contributed by atoms with Gasteiger partial charge in [0.05, 0.1) is 11.4 Å². The van der Waals surface area contributed by atoms with Crippen LogP contribution in [0.5, 0.6) is 0 Å². The third kappa shape index (κ3) is 5.77. The highest BCUT2D eigenvalue weighted by Crippen LogP contribution is 2.49. The summed E-state index contributed by atoms with van der Waals surface area (Å²) in [7, 11) is -0.135. The van der Waals surface area contributed by atoms with Crippen LogP contribution in [-0.4, -0.2) is 38.4 Å². The molecule has 216 valence electrons. The molecule has 0 spiro atoms. The van der Waals surface area contributed by atoms with E-state index in [2.05, 4.69) is 26.8 Å². The van der Waals surface area contributed by atoms with Gasteiger partial charge < -0.3 is 9.80 Å². The van der Waals surface area contributed by atoms with Crippen molar-refractivity contribution in [3.8, 4) is 0 Å². The molecule has 1 heterocycles. The molecule has 6 rings (SSSR count). The summed E-state index contributed by atoms with van der Waals surface area (Å²) in [6, 6.07) is 20.2. The maximum absolute atomic E-state index is 14.0. The molecule has 1 amide bonds. The van der Waals surface area contributed by atoms with Crippen LogP contribution in [0.2, 0.25) is 0 Å². The monoisotopic (exact) mass is 585 g/mol. The van der Waals surface area contributed by atoms with Crippen LogP contribution in [0.25, 0.3) is 0 Å². The van der Waals surface area contributed by atoms with Gasteiger partial charge in [-0.25, -0.2) is 27.5 Å².